The van der Waals surface area contributed by atoms with Gasteiger partial charge in [-0.05, 0) is 57.3 Å². The Kier molecular flexibility index (Phi) is 4.16. The average molecular weight is 274 g/mol. The summed E-state index contributed by atoms with van der Waals surface area (Å²) in [6.07, 6.45) is 4.01. The largest absolute Gasteiger partial charge is 0.491 e. The standard InChI is InChI=1S/C17H26N2O/c1-3-13(2)20-16-6-4-5-15(11-16)18-17-12-19-9-7-14(17)8-10-19/h4-6,11,13-14,17-18H,3,7-10,12H2,1-2H3. The number of hydrogen-bond acceptors (Lipinski definition) is 3. The zero-order valence-corrected chi connectivity index (χ0v) is 12.6. The Morgan fingerprint density at radius 3 is 2.80 bits per heavy atom. The van der Waals surface area contributed by atoms with E-state index in [9.17, 15) is 0 Å². The van der Waals surface area contributed by atoms with E-state index in [0.717, 1.165) is 18.1 Å². The molecule has 3 heteroatoms. The third-order valence-electron chi connectivity index (χ3n) is 4.75. The molecule has 4 rings (SSSR count). The van der Waals surface area contributed by atoms with Crippen LogP contribution in [-0.2, 0) is 0 Å². The lowest BCUT2D eigenvalue weighted by Gasteiger charge is -2.45. The van der Waals surface area contributed by atoms with Crippen LogP contribution in [0.5, 0.6) is 5.75 Å². The molecule has 2 atom stereocenters. The first-order chi connectivity index (χ1) is 9.74. The van der Waals surface area contributed by atoms with Gasteiger partial charge in [0.2, 0.25) is 0 Å². The fourth-order valence-corrected chi connectivity index (χ4v) is 3.32. The first-order valence-electron chi connectivity index (χ1n) is 8.00. The summed E-state index contributed by atoms with van der Waals surface area (Å²) in [4.78, 5) is 2.58. The van der Waals surface area contributed by atoms with Gasteiger partial charge in [-0.3, -0.25) is 0 Å². The Hall–Kier alpha value is -1.22. The summed E-state index contributed by atoms with van der Waals surface area (Å²) in [5.41, 5.74) is 1.20. The minimum atomic E-state index is 0.280. The van der Waals surface area contributed by atoms with Gasteiger partial charge >= 0.3 is 0 Å². The lowest BCUT2D eigenvalue weighted by atomic mass is 9.84. The molecule has 0 aliphatic carbocycles. The van der Waals surface area contributed by atoms with Gasteiger partial charge in [0.25, 0.3) is 0 Å². The Morgan fingerprint density at radius 2 is 2.15 bits per heavy atom. The van der Waals surface area contributed by atoms with Crippen LogP contribution in [0.3, 0.4) is 0 Å². The van der Waals surface area contributed by atoms with Crippen LogP contribution >= 0.6 is 0 Å². The second kappa shape index (κ2) is 6.04. The predicted octanol–water partition coefficient (Wildman–Crippen LogP) is 3.37. The molecule has 0 saturated carbocycles. The van der Waals surface area contributed by atoms with Gasteiger partial charge < -0.3 is 15.0 Å². The van der Waals surface area contributed by atoms with E-state index in [2.05, 4.69) is 42.3 Å². The highest BCUT2D eigenvalue weighted by atomic mass is 16.5. The summed E-state index contributed by atoms with van der Waals surface area (Å²) < 4.78 is 5.90. The molecule has 3 aliphatic rings. The average Bonchev–Trinajstić information content (AvgIpc) is 2.49. The number of nitrogens with zero attached hydrogens (tertiary/aromatic N) is 1. The lowest BCUT2D eigenvalue weighted by Crippen LogP contribution is -2.53. The van der Waals surface area contributed by atoms with Gasteiger partial charge in [0.15, 0.2) is 0 Å². The summed E-state index contributed by atoms with van der Waals surface area (Å²) >= 11 is 0. The van der Waals surface area contributed by atoms with Gasteiger partial charge in [-0.25, -0.2) is 0 Å². The fraction of sp³-hybridized carbons (Fsp3) is 0.647. The minimum Gasteiger partial charge on any atom is -0.491 e. The first kappa shape index (κ1) is 13.7. The van der Waals surface area contributed by atoms with Crippen molar-refractivity contribution in [2.24, 2.45) is 5.92 Å². The van der Waals surface area contributed by atoms with Gasteiger partial charge in [0.1, 0.15) is 5.75 Å². The number of rotatable bonds is 5. The SMILES string of the molecule is CCC(C)Oc1cccc(NC2CN3CCC2CC3)c1. The van der Waals surface area contributed by atoms with Crippen LogP contribution in [0.25, 0.3) is 0 Å². The molecule has 0 radical (unpaired) electrons. The van der Waals surface area contributed by atoms with Gasteiger partial charge in [-0.2, -0.15) is 0 Å². The van der Waals surface area contributed by atoms with E-state index in [1.165, 1.54) is 38.2 Å². The maximum absolute atomic E-state index is 5.90. The summed E-state index contributed by atoms with van der Waals surface area (Å²) in [6, 6.07) is 9.04. The van der Waals surface area contributed by atoms with Crippen molar-refractivity contribution < 1.29 is 4.74 Å². The first-order valence-corrected chi connectivity index (χ1v) is 8.00. The molecular weight excluding hydrogens is 248 g/mol. The number of nitrogens with one attached hydrogen (secondary N) is 1. The molecule has 3 heterocycles. The number of anilines is 1. The van der Waals surface area contributed by atoms with Crippen molar-refractivity contribution in [3.05, 3.63) is 24.3 Å². The quantitative estimate of drug-likeness (QED) is 0.891. The summed E-state index contributed by atoms with van der Waals surface area (Å²) in [5, 5.41) is 3.72. The van der Waals surface area contributed by atoms with Crippen molar-refractivity contribution in [2.45, 2.75) is 45.3 Å². The van der Waals surface area contributed by atoms with Crippen molar-refractivity contribution in [1.82, 2.24) is 4.90 Å². The van der Waals surface area contributed by atoms with Crippen LogP contribution in [0.1, 0.15) is 33.1 Å². The van der Waals surface area contributed by atoms with Crippen LogP contribution in [0.4, 0.5) is 5.69 Å². The zero-order chi connectivity index (χ0) is 13.9. The summed E-state index contributed by atoms with van der Waals surface area (Å²) in [7, 11) is 0. The molecule has 2 bridgehead atoms. The molecule has 110 valence electrons. The van der Waals surface area contributed by atoms with Crippen LogP contribution < -0.4 is 10.1 Å². The maximum Gasteiger partial charge on any atom is 0.121 e. The van der Waals surface area contributed by atoms with Crippen LogP contribution in [0.15, 0.2) is 24.3 Å². The summed E-state index contributed by atoms with van der Waals surface area (Å²) in [5.74, 6) is 1.82. The lowest BCUT2D eigenvalue weighted by molar-refractivity contribution is 0.0975. The van der Waals surface area contributed by atoms with Crippen LogP contribution in [0.2, 0.25) is 0 Å². The van der Waals surface area contributed by atoms with Gasteiger partial charge in [-0.15, -0.1) is 0 Å². The Balaban J connectivity index is 1.64. The normalized spacial score (nSPS) is 30.0. The molecule has 3 aliphatic heterocycles. The monoisotopic (exact) mass is 274 g/mol. The Bertz CT molecular complexity index is 440. The number of ether oxygens (including phenoxy) is 1. The molecule has 2 unspecified atom stereocenters. The number of benzene rings is 1. The van der Waals surface area contributed by atoms with E-state index in [0.29, 0.717) is 6.04 Å². The van der Waals surface area contributed by atoms with Crippen molar-refractivity contribution >= 4 is 5.69 Å². The molecule has 1 aromatic rings. The maximum atomic E-state index is 5.90. The van der Waals surface area contributed by atoms with Gasteiger partial charge in [0, 0.05) is 24.3 Å². The fourth-order valence-electron chi connectivity index (χ4n) is 3.32. The van der Waals surface area contributed by atoms with E-state index in [1.54, 1.807) is 0 Å². The third-order valence-corrected chi connectivity index (χ3v) is 4.75. The molecule has 0 aromatic heterocycles. The third kappa shape index (κ3) is 3.09. The highest BCUT2D eigenvalue weighted by Gasteiger charge is 2.33. The summed E-state index contributed by atoms with van der Waals surface area (Å²) in [6.45, 7) is 8.05. The molecular formula is C17H26N2O. The topological polar surface area (TPSA) is 24.5 Å². The molecule has 1 aromatic carbocycles. The molecule has 3 fully saturated rings. The van der Waals surface area contributed by atoms with Crippen LogP contribution in [-0.4, -0.2) is 36.7 Å². The van der Waals surface area contributed by atoms with E-state index in [-0.39, 0.29) is 6.10 Å². The Morgan fingerprint density at radius 1 is 1.35 bits per heavy atom. The second-order valence-corrected chi connectivity index (χ2v) is 6.25. The zero-order valence-electron chi connectivity index (χ0n) is 12.6. The van der Waals surface area contributed by atoms with Crippen LogP contribution in [0, 0.1) is 5.92 Å². The van der Waals surface area contributed by atoms with Crippen molar-refractivity contribution in [3.63, 3.8) is 0 Å². The van der Waals surface area contributed by atoms with E-state index >= 15 is 0 Å². The molecule has 3 saturated heterocycles. The van der Waals surface area contributed by atoms with Gasteiger partial charge in [-0.1, -0.05) is 13.0 Å². The molecule has 0 spiro atoms. The van der Waals surface area contributed by atoms with Gasteiger partial charge in [0.05, 0.1) is 6.10 Å². The van der Waals surface area contributed by atoms with Crippen molar-refractivity contribution in [3.8, 4) is 5.75 Å². The number of fused-ring (bicyclic) bond motifs is 3. The van der Waals surface area contributed by atoms with Crippen molar-refractivity contribution in [2.75, 3.05) is 25.0 Å². The molecule has 20 heavy (non-hydrogen) atoms. The van der Waals surface area contributed by atoms with E-state index < -0.39 is 0 Å². The molecule has 3 nitrogen and oxygen atoms in total. The van der Waals surface area contributed by atoms with Crippen molar-refractivity contribution in [1.29, 1.82) is 0 Å². The highest BCUT2D eigenvalue weighted by molar-refractivity contribution is 5.49. The molecule has 0 amide bonds. The molecule has 1 N–H and O–H groups in total. The second-order valence-electron chi connectivity index (χ2n) is 6.25. The van der Waals surface area contributed by atoms with E-state index in [4.69, 9.17) is 4.74 Å². The highest BCUT2D eigenvalue weighted by Crippen LogP contribution is 2.30. The number of piperidine rings is 3. The smallest absolute Gasteiger partial charge is 0.121 e. The number of hydrogen-bond donors (Lipinski definition) is 1. The van der Waals surface area contributed by atoms with E-state index in [1.807, 2.05) is 6.07 Å². The minimum absolute atomic E-state index is 0.280. The predicted molar refractivity (Wildman–Crippen MR) is 83.4 cm³/mol. The Labute approximate surface area is 122 Å².